The Balaban J connectivity index is 2.56. The third-order valence-electron chi connectivity index (χ3n) is 2.53. The van der Waals surface area contributed by atoms with Crippen LogP contribution in [0, 0.1) is 11.6 Å². The number of halogens is 4. The Hall–Kier alpha value is -0.720. The molecule has 96 valence electrons. The van der Waals surface area contributed by atoms with Crippen LogP contribution in [0.4, 0.5) is 8.78 Å². The molecule has 0 aliphatic rings. The molecule has 6 heteroatoms. The molecule has 0 saturated carbocycles. The highest BCUT2D eigenvalue weighted by atomic mass is 79.9. The van der Waals surface area contributed by atoms with Gasteiger partial charge in [-0.3, -0.25) is 0 Å². The van der Waals surface area contributed by atoms with Crippen molar-refractivity contribution in [2.24, 2.45) is 0 Å². The smallest absolute Gasteiger partial charge is 0.139 e. The summed E-state index contributed by atoms with van der Waals surface area (Å²) >= 11 is 6.33. The summed E-state index contributed by atoms with van der Waals surface area (Å²) in [5.74, 6) is -0.841. The van der Waals surface area contributed by atoms with Crippen molar-refractivity contribution in [3.05, 3.63) is 56.4 Å². The van der Waals surface area contributed by atoms with E-state index in [1.54, 1.807) is 13.1 Å². The molecule has 0 saturated heterocycles. The summed E-state index contributed by atoms with van der Waals surface area (Å²) in [7, 11) is 1.61. The zero-order valence-electron chi connectivity index (χ0n) is 9.31. The molecule has 0 radical (unpaired) electrons. The molecule has 1 N–H and O–H groups in total. The van der Waals surface area contributed by atoms with Crippen LogP contribution in [-0.2, 0) is 0 Å². The van der Waals surface area contributed by atoms with Crippen molar-refractivity contribution in [3.63, 3.8) is 0 Å². The molecule has 0 aliphatic carbocycles. The molecule has 0 spiro atoms. The second-order valence-corrected chi connectivity index (χ2v) is 5.41. The maximum Gasteiger partial charge on any atom is 0.139 e. The molecule has 18 heavy (non-hydrogen) atoms. The van der Waals surface area contributed by atoms with Crippen LogP contribution < -0.4 is 5.32 Å². The number of hydrogen-bond acceptors (Lipinski definition) is 2. The van der Waals surface area contributed by atoms with Gasteiger partial charge in [-0.1, -0.05) is 15.9 Å². The standard InChI is InChI=1S/C12H9Br2F2NO/c1-17-11(12-7(14)2-3-18-12)10-8(15)4-6(13)5-9(10)16/h2-5,11,17H,1H3. The van der Waals surface area contributed by atoms with Crippen molar-refractivity contribution in [2.45, 2.75) is 6.04 Å². The average molecular weight is 381 g/mol. The number of rotatable bonds is 3. The van der Waals surface area contributed by atoms with E-state index >= 15 is 0 Å². The van der Waals surface area contributed by atoms with Crippen molar-refractivity contribution in [1.82, 2.24) is 5.32 Å². The van der Waals surface area contributed by atoms with Crippen molar-refractivity contribution in [3.8, 4) is 0 Å². The van der Waals surface area contributed by atoms with Gasteiger partial charge in [0, 0.05) is 10.0 Å². The van der Waals surface area contributed by atoms with Gasteiger partial charge in [0.25, 0.3) is 0 Å². The largest absolute Gasteiger partial charge is 0.466 e. The van der Waals surface area contributed by atoms with Gasteiger partial charge in [0.05, 0.1) is 16.8 Å². The molecule has 0 amide bonds. The number of benzene rings is 1. The van der Waals surface area contributed by atoms with Crippen molar-refractivity contribution in [2.75, 3.05) is 7.05 Å². The van der Waals surface area contributed by atoms with E-state index in [9.17, 15) is 8.78 Å². The Kier molecular flexibility index (Phi) is 4.19. The van der Waals surface area contributed by atoms with E-state index < -0.39 is 17.7 Å². The molecule has 0 bridgehead atoms. The van der Waals surface area contributed by atoms with Crippen LogP contribution in [0.2, 0.25) is 0 Å². The van der Waals surface area contributed by atoms with Gasteiger partial charge in [0.15, 0.2) is 0 Å². The first kappa shape index (κ1) is 13.7. The minimum atomic E-state index is -0.692. The highest BCUT2D eigenvalue weighted by Crippen LogP contribution is 2.33. The summed E-state index contributed by atoms with van der Waals surface area (Å²) in [5.41, 5.74) is -0.0728. The van der Waals surface area contributed by atoms with Crippen molar-refractivity contribution >= 4 is 31.9 Å². The van der Waals surface area contributed by atoms with E-state index in [4.69, 9.17) is 4.42 Å². The Morgan fingerprint density at radius 3 is 2.28 bits per heavy atom. The lowest BCUT2D eigenvalue weighted by Gasteiger charge is -2.16. The minimum absolute atomic E-state index is 0.0728. The zero-order valence-corrected chi connectivity index (χ0v) is 12.5. The topological polar surface area (TPSA) is 25.2 Å². The normalized spacial score (nSPS) is 12.7. The SMILES string of the molecule is CNC(c1occc1Br)c1c(F)cc(Br)cc1F. The van der Waals surface area contributed by atoms with E-state index in [-0.39, 0.29) is 5.56 Å². The van der Waals surface area contributed by atoms with E-state index in [0.29, 0.717) is 14.7 Å². The molecule has 0 aliphatic heterocycles. The molecule has 1 heterocycles. The van der Waals surface area contributed by atoms with Gasteiger partial charge in [-0.25, -0.2) is 8.78 Å². The lowest BCUT2D eigenvalue weighted by Crippen LogP contribution is -2.20. The molecule has 1 aromatic heterocycles. The van der Waals surface area contributed by atoms with Gasteiger partial charge in [0.2, 0.25) is 0 Å². The summed E-state index contributed by atoms with van der Waals surface area (Å²) in [6.45, 7) is 0. The Bertz CT molecular complexity index is 548. The van der Waals surface area contributed by atoms with E-state index in [2.05, 4.69) is 37.2 Å². The average Bonchev–Trinajstić information content (AvgIpc) is 2.69. The third-order valence-corrected chi connectivity index (χ3v) is 3.64. The van der Waals surface area contributed by atoms with E-state index in [1.807, 2.05) is 0 Å². The zero-order chi connectivity index (χ0) is 13.3. The summed E-state index contributed by atoms with van der Waals surface area (Å²) in [4.78, 5) is 0. The molecule has 1 unspecified atom stereocenters. The molecule has 2 aromatic rings. The number of furan rings is 1. The van der Waals surface area contributed by atoms with Gasteiger partial charge < -0.3 is 9.73 Å². The predicted octanol–water partition coefficient (Wildman–Crippen LogP) is 4.39. The predicted molar refractivity (Wildman–Crippen MR) is 71.4 cm³/mol. The monoisotopic (exact) mass is 379 g/mol. The molecule has 2 nitrogen and oxygen atoms in total. The van der Waals surface area contributed by atoms with E-state index in [1.165, 1.54) is 18.4 Å². The summed E-state index contributed by atoms with van der Waals surface area (Å²) < 4.78 is 34.1. The first-order chi connectivity index (χ1) is 8.54. The van der Waals surface area contributed by atoms with Crippen LogP contribution in [0.25, 0.3) is 0 Å². The maximum absolute atomic E-state index is 13.9. The summed E-state index contributed by atoms with van der Waals surface area (Å²) in [6.07, 6.45) is 1.46. The van der Waals surface area contributed by atoms with Crippen LogP contribution in [0.15, 0.2) is 37.8 Å². The second kappa shape index (κ2) is 5.50. The second-order valence-electron chi connectivity index (χ2n) is 3.64. The Morgan fingerprint density at radius 2 is 1.83 bits per heavy atom. The molecule has 2 rings (SSSR count). The highest BCUT2D eigenvalue weighted by molar-refractivity contribution is 9.10. The van der Waals surface area contributed by atoms with Crippen LogP contribution in [0.3, 0.4) is 0 Å². The van der Waals surface area contributed by atoms with Crippen molar-refractivity contribution in [1.29, 1.82) is 0 Å². The summed E-state index contributed by atoms with van der Waals surface area (Å²) in [6, 6.07) is 3.43. The van der Waals surface area contributed by atoms with Gasteiger partial charge in [0.1, 0.15) is 17.4 Å². The van der Waals surface area contributed by atoms with Crippen LogP contribution >= 0.6 is 31.9 Å². The molecular weight excluding hydrogens is 372 g/mol. The molecule has 0 fully saturated rings. The highest BCUT2D eigenvalue weighted by Gasteiger charge is 2.25. The van der Waals surface area contributed by atoms with Gasteiger partial charge in [-0.2, -0.15) is 0 Å². The maximum atomic E-state index is 13.9. The minimum Gasteiger partial charge on any atom is -0.466 e. The molecular formula is C12H9Br2F2NO. The van der Waals surface area contributed by atoms with Gasteiger partial charge >= 0.3 is 0 Å². The first-order valence-corrected chi connectivity index (χ1v) is 6.67. The van der Waals surface area contributed by atoms with Gasteiger partial charge in [-0.15, -0.1) is 0 Å². The van der Waals surface area contributed by atoms with Crippen LogP contribution in [0.5, 0.6) is 0 Å². The lowest BCUT2D eigenvalue weighted by molar-refractivity contribution is 0.436. The Labute approximate surface area is 120 Å². The summed E-state index contributed by atoms with van der Waals surface area (Å²) in [5, 5.41) is 2.84. The number of nitrogens with one attached hydrogen (secondary N) is 1. The first-order valence-electron chi connectivity index (χ1n) is 5.09. The van der Waals surface area contributed by atoms with Gasteiger partial charge in [-0.05, 0) is 41.2 Å². The number of hydrogen-bond donors (Lipinski definition) is 1. The third kappa shape index (κ3) is 2.50. The quantitative estimate of drug-likeness (QED) is 0.854. The van der Waals surface area contributed by atoms with E-state index in [0.717, 1.165) is 0 Å². The fraction of sp³-hybridized carbons (Fsp3) is 0.167. The lowest BCUT2D eigenvalue weighted by atomic mass is 10.0. The molecule has 1 aromatic carbocycles. The fourth-order valence-corrected chi connectivity index (χ4v) is 2.58. The van der Waals surface area contributed by atoms with Crippen molar-refractivity contribution < 1.29 is 13.2 Å². The fourth-order valence-electron chi connectivity index (χ4n) is 1.75. The Morgan fingerprint density at radius 1 is 1.22 bits per heavy atom. The van der Waals surface area contributed by atoms with Crippen LogP contribution in [-0.4, -0.2) is 7.05 Å². The van der Waals surface area contributed by atoms with Crippen LogP contribution in [0.1, 0.15) is 17.4 Å². The molecule has 1 atom stereocenters.